The third-order valence-corrected chi connectivity index (χ3v) is 3.90. The van der Waals surface area contributed by atoms with E-state index in [1.807, 2.05) is 23.9 Å². The summed E-state index contributed by atoms with van der Waals surface area (Å²) in [7, 11) is 1.70. The maximum absolute atomic E-state index is 5.15. The third kappa shape index (κ3) is 2.67. The minimum Gasteiger partial charge on any atom is -0.497 e. The molecular formula is C12H17NOS. The lowest BCUT2D eigenvalue weighted by molar-refractivity contribution is 0.414. The van der Waals surface area contributed by atoms with Crippen molar-refractivity contribution in [2.24, 2.45) is 0 Å². The largest absolute Gasteiger partial charge is 0.497 e. The first kappa shape index (κ1) is 10.8. The fourth-order valence-electron chi connectivity index (χ4n) is 1.72. The van der Waals surface area contributed by atoms with Crippen LogP contribution in [0.15, 0.2) is 24.3 Å². The molecule has 1 heterocycles. The summed E-state index contributed by atoms with van der Waals surface area (Å²) in [5, 5.41) is 4.04. The van der Waals surface area contributed by atoms with Crippen LogP contribution in [0.3, 0.4) is 0 Å². The zero-order valence-electron chi connectivity index (χ0n) is 9.19. The van der Waals surface area contributed by atoms with Crippen molar-refractivity contribution in [2.75, 3.05) is 12.9 Å². The molecule has 0 amide bonds. The molecule has 1 N–H and O–H groups in total. The summed E-state index contributed by atoms with van der Waals surface area (Å²) >= 11 is 1.98. The fraction of sp³-hybridized carbons (Fsp3) is 0.500. The number of ether oxygens (including phenoxy) is 1. The van der Waals surface area contributed by atoms with Gasteiger partial charge in [-0.2, -0.15) is 0 Å². The summed E-state index contributed by atoms with van der Waals surface area (Å²) in [5.74, 6) is 2.16. The molecule has 0 bridgehead atoms. The number of benzene rings is 1. The van der Waals surface area contributed by atoms with Gasteiger partial charge >= 0.3 is 0 Å². The maximum Gasteiger partial charge on any atom is 0.118 e. The highest BCUT2D eigenvalue weighted by Gasteiger charge is 2.19. The van der Waals surface area contributed by atoms with Crippen molar-refractivity contribution >= 4 is 11.8 Å². The first-order chi connectivity index (χ1) is 7.29. The van der Waals surface area contributed by atoms with Crippen molar-refractivity contribution in [3.05, 3.63) is 29.8 Å². The molecule has 1 saturated heterocycles. The van der Waals surface area contributed by atoms with Gasteiger partial charge in [-0.1, -0.05) is 12.1 Å². The molecule has 82 valence electrons. The Kier molecular flexibility index (Phi) is 3.54. The standard InChI is InChI=1S/C12H17NOS/c1-9-7-8-15-12(13-9)10-3-5-11(14-2)6-4-10/h3-6,9,12-13H,7-8H2,1-2H3. The van der Waals surface area contributed by atoms with Crippen molar-refractivity contribution in [1.29, 1.82) is 0 Å². The van der Waals surface area contributed by atoms with Gasteiger partial charge in [-0.25, -0.2) is 0 Å². The van der Waals surface area contributed by atoms with Crippen LogP contribution in [0.25, 0.3) is 0 Å². The molecular weight excluding hydrogens is 206 g/mol. The molecule has 1 aromatic rings. The topological polar surface area (TPSA) is 21.3 Å². The summed E-state index contributed by atoms with van der Waals surface area (Å²) in [6.07, 6.45) is 1.26. The van der Waals surface area contributed by atoms with Gasteiger partial charge < -0.3 is 4.74 Å². The minimum atomic E-state index is 0.444. The van der Waals surface area contributed by atoms with Gasteiger partial charge in [0.1, 0.15) is 5.75 Å². The van der Waals surface area contributed by atoms with E-state index in [0.717, 1.165) is 5.75 Å². The zero-order valence-corrected chi connectivity index (χ0v) is 10.0. The second kappa shape index (κ2) is 4.90. The van der Waals surface area contributed by atoms with Crippen molar-refractivity contribution in [1.82, 2.24) is 5.32 Å². The van der Waals surface area contributed by atoms with Crippen molar-refractivity contribution in [2.45, 2.75) is 24.8 Å². The van der Waals surface area contributed by atoms with Crippen LogP contribution >= 0.6 is 11.8 Å². The third-order valence-electron chi connectivity index (χ3n) is 2.69. The van der Waals surface area contributed by atoms with Crippen LogP contribution in [-0.4, -0.2) is 18.9 Å². The molecule has 0 aromatic heterocycles. The number of rotatable bonds is 2. The predicted molar refractivity (Wildman–Crippen MR) is 65.4 cm³/mol. The molecule has 1 aliphatic heterocycles. The fourth-order valence-corrected chi connectivity index (χ4v) is 3.13. The predicted octanol–water partition coefficient (Wildman–Crippen LogP) is 2.81. The molecule has 1 aliphatic rings. The Morgan fingerprint density at radius 3 is 2.67 bits per heavy atom. The van der Waals surface area contributed by atoms with E-state index in [1.165, 1.54) is 17.7 Å². The van der Waals surface area contributed by atoms with Crippen LogP contribution < -0.4 is 10.1 Å². The van der Waals surface area contributed by atoms with Gasteiger partial charge in [-0.05, 0) is 36.8 Å². The Bertz CT molecular complexity index is 312. The second-order valence-corrected chi connectivity index (χ2v) is 5.09. The number of thioether (sulfide) groups is 1. The van der Waals surface area contributed by atoms with Gasteiger partial charge in [0.05, 0.1) is 12.5 Å². The zero-order chi connectivity index (χ0) is 10.7. The van der Waals surface area contributed by atoms with E-state index in [-0.39, 0.29) is 0 Å². The lowest BCUT2D eigenvalue weighted by atomic mass is 10.2. The van der Waals surface area contributed by atoms with E-state index >= 15 is 0 Å². The van der Waals surface area contributed by atoms with Gasteiger partial charge in [0, 0.05) is 6.04 Å². The maximum atomic E-state index is 5.15. The number of hydrogen-bond acceptors (Lipinski definition) is 3. The lowest BCUT2D eigenvalue weighted by Crippen LogP contribution is -2.33. The van der Waals surface area contributed by atoms with E-state index in [1.54, 1.807) is 7.11 Å². The second-order valence-electron chi connectivity index (χ2n) is 3.88. The highest BCUT2D eigenvalue weighted by atomic mass is 32.2. The Morgan fingerprint density at radius 2 is 2.07 bits per heavy atom. The van der Waals surface area contributed by atoms with Gasteiger partial charge in [0.2, 0.25) is 0 Å². The lowest BCUT2D eigenvalue weighted by Gasteiger charge is -2.28. The first-order valence-corrected chi connectivity index (χ1v) is 6.36. The molecule has 0 spiro atoms. The Morgan fingerprint density at radius 1 is 1.33 bits per heavy atom. The molecule has 2 nitrogen and oxygen atoms in total. The Balaban J connectivity index is 2.07. The molecule has 15 heavy (non-hydrogen) atoms. The molecule has 3 heteroatoms. The van der Waals surface area contributed by atoms with Gasteiger partial charge in [-0.15, -0.1) is 11.8 Å². The number of hydrogen-bond donors (Lipinski definition) is 1. The van der Waals surface area contributed by atoms with Gasteiger partial charge in [-0.3, -0.25) is 5.32 Å². The smallest absolute Gasteiger partial charge is 0.118 e. The molecule has 2 atom stereocenters. The van der Waals surface area contributed by atoms with Gasteiger partial charge in [0.25, 0.3) is 0 Å². The van der Waals surface area contributed by atoms with Crippen LogP contribution in [0, 0.1) is 0 Å². The number of methoxy groups -OCH3 is 1. The average Bonchev–Trinajstić information content (AvgIpc) is 2.29. The van der Waals surface area contributed by atoms with Crippen LogP contribution in [0.1, 0.15) is 24.3 Å². The average molecular weight is 223 g/mol. The highest BCUT2D eigenvalue weighted by Crippen LogP contribution is 2.32. The summed E-state index contributed by atoms with van der Waals surface area (Å²) in [6, 6.07) is 8.95. The van der Waals surface area contributed by atoms with Crippen molar-refractivity contribution < 1.29 is 4.74 Å². The SMILES string of the molecule is COc1ccc(C2NC(C)CCS2)cc1. The van der Waals surface area contributed by atoms with E-state index in [4.69, 9.17) is 4.74 Å². The normalized spacial score (nSPS) is 26.3. The summed E-state index contributed by atoms with van der Waals surface area (Å²) in [4.78, 5) is 0. The van der Waals surface area contributed by atoms with E-state index < -0.39 is 0 Å². The summed E-state index contributed by atoms with van der Waals surface area (Å²) in [5.41, 5.74) is 1.34. The van der Waals surface area contributed by atoms with Crippen LogP contribution in [-0.2, 0) is 0 Å². The first-order valence-electron chi connectivity index (χ1n) is 5.31. The van der Waals surface area contributed by atoms with Crippen LogP contribution in [0.5, 0.6) is 5.75 Å². The summed E-state index contributed by atoms with van der Waals surface area (Å²) in [6.45, 7) is 2.25. The highest BCUT2D eigenvalue weighted by molar-refractivity contribution is 7.99. The minimum absolute atomic E-state index is 0.444. The Labute approximate surface area is 95.4 Å². The number of nitrogens with one attached hydrogen (secondary N) is 1. The van der Waals surface area contributed by atoms with Crippen LogP contribution in [0.4, 0.5) is 0 Å². The van der Waals surface area contributed by atoms with Crippen molar-refractivity contribution in [3.8, 4) is 5.75 Å². The van der Waals surface area contributed by atoms with Crippen LogP contribution in [0.2, 0.25) is 0 Å². The van der Waals surface area contributed by atoms with E-state index in [2.05, 4.69) is 24.4 Å². The molecule has 1 aromatic carbocycles. The molecule has 0 aliphatic carbocycles. The molecule has 2 unspecified atom stereocenters. The molecule has 1 fully saturated rings. The van der Waals surface area contributed by atoms with E-state index in [9.17, 15) is 0 Å². The molecule has 2 rings (SSSR count). The van der Waals surface area contributed by atoms with Crippen molar-refractivity contribution in [3.63, 3.8) is 0 Å². The molecule has 0 radical (unpaired) electrons. The van der Waals surface area contributed by atoms with Gasteiger partial charge in [0.15, 0.2) is 0 Å². The Hall–Kier alpha value is -0.670. The monoisotopic (exact) mass is 223 g/mol. The summed E-state index contributed by atoms with van der Waals surface area (Å²) < 4.78 is 5.15. The molecule has 0 saturated carbocycles. The quantitative estimate of drug-likeness (QED) is 0.833. The van der Waals surface area contributed by atoms with E-state index in [0.29, 0.717) is 11.4 Å².